The highest BCUT2D eigenvalue weighted by molar-refractivity contribution is 7.10. The highest BCUT2D eigenvalue weighted by atomic mass is 32.1. The minimum absolute atomic E-state index is 0.390. The van der Waals surface area contributed by atoms with Crippen molar-refractivity contribution in [3.8, 4) is 0 Å². The highest BCUT2D eigenvalue weighted by Gasteiger charge is 2.43. The molecule has 2 aliphatic rings. The van der Waals surface area contributed by atoms with Crippen LogP contribution >= 0.6 is 11.3 Å². The summed E-state index contributed by atoms with van der Waals surface area (Å²) in [6.07, 6.45) is 5.72. The first-order valence-corrected chi connectivity index (χ1v) is 7.17. The summed E-state index contributed by atoms with van der Waals surface area (Å²) in [6.45, 7) is 2.21. The number of thiophene rings is 1. The molecule has 1 heterocycles. The van der Waals surface area contributed by atoms with Gasteiger partial charge in [-0.15, -0.1) is 11.3 Å². The van der Waals surface area contributed by atoms with E-state index in [0.717, 1.165) is 17.8 Å². The largest absolute Gasteiger partial charge is 0.271 e. The van der Waals surface area contributed by atoms with Crippen molar-refractivity contribution in [2.45, 2.75) is 38.6 Å². The maximum absolute atomic E-state index is 5.80. The van der Waals surface area contributed by atoms with Gasteiger partial charge in [0, 0.05) is 4.88 Å². The molecule has 4 atom stereocenters. The van der Waals surface area contributed by atoms with E-state index in [-0.39, 0.29) is 0 Å². The Morgan fingerprint density at radius 2 is 2.31 bits per heavy atom. The van der Waals surface area contributed by atoms with Gasteiger partial charge in [-0.05, 0) is 60.9 Å². The third-order valence-corrected chi connectivity index (χ3v) is 5.50. The molecule has 3 heteroatoms. The number of hydrazine groups is 1. The third-order valence-electron chi connectivity index (χ3n) is 4.63. The summed E-state index contributed by atoms with van der Waals surface area (Å²) in [7, 11) is 0. The predicted molar refractivity (Wildman–Crippen MR) is 68.1 cm³/mol. The molecule has 0 saturated heterocycles. The standard InChI is InChI=1S/C13H20N2S/c1-8-11(4-5-16-8)13(15-14)12-7-9-2-3-10(12)6-9/h4-5,9-10,12-13,15H,2-3,6-7,14H2,1H3. The first-order valence-electron chi connectivity index (χ1n) is 6.29. The van der Waals surface area contributed by atoms with Gasteiger partial charge in [0.2, 0.25) is 0 Å². The summed E-state index contributed by atoms with van der Waals surface area (Å²) in [5.41, 5.74) is 4.51. The van der Waals surface area contributed by atoms with Crippen molar-refractivity contribution in [1.29, 1.82) is 0 Å². The number of rotatable bonds is 3. The molecule has 2 aliphatic carbocycles. The highest BCUT2D eigenvalue weighted by Crippen LogP contribution is 2.52. The van der Waals surface area contributed by atoms with Crippen LogP contribution in [0.1, 0.15) is 42.2 Å². The topological polar surface area (TPSA) is 38.0 Å². The van der Waals surface area contributed by atoms with E-state index in [1.54, 1.807) is 0 Å². The maximum Gasteiger partial charge on any atom is 0.0501 e. The summed E-state index contributed by atoms with van der Waals surface area (Å²) < 4.78 is 0. The second-order valence-corrected chi connectivity index (χ2v) is 6.54. The zero-order valence-electron chi connectivity index (χ0n) is 9.78. The first kappa shape index (κ1) is 10.8. The molecule has 0 aromatic carbocycles. The molecule has 1 aromatic heterocycles. The summed E-state index contributed by atoms with van der Waals surface area (Å²) in [5.74, 6) is 8.49. The van der Waals surface area contributed by atoms with Gasteiger partial charge in [0.15, 0.2) is 0 Å². The molecule has 88 valence electrons. The van der Waals surface area contributed by atoms with Gasteiger partial charge in [-0.2, -0.15) is 0 Å². The molecule has 0 spiro atoms. The van der Waals surface area contributed by atoms with Crippen LogP contribution in [0.2, 0.25) is 0 Å². The Kier molecular flexibility index (Phi) is 2.78. The van der Waals surface area contributed by atoms with Crippen LogP contribution in [-0.4, -0.2) is 0 Å². The molecule has 4 unspecified atom stereocenters. The molecule has 3 rings (SSSR count). The molecule has 1 aromatic rings. The van der Waals surface area contributed by atoms with Crippen LogP contribution in [-0.2, 0) is 0 Å². The van der Waals surface area contributed by atoms with Crippen LogP contribution in [0.3, 0.4) is 0 Å². The van der Waals surface area contributed by atoms with E-state index in [1.807, 2.05) is 11.3 Å². The second-order valence-electron chi connectivity index (χ2n) is 5.42. The van der Waals surface area contributed by atoms with Gasteiger partial charge in [-0.1, -0.05) is 6.42 Å². The zero-order valence-corrected chi connectivity index (χ0v) is 10.6. The van der Waals surface area contributed by atoms with Crippen molar-refractivity contribution >= 4 is 11.3 Å². The number of nitrogens with two attached hydrogens (primary N) is 1. The lowest BCUT2D eigenvalue weighted by Crippen LogP contribution is -2.35. The lowest BCUT2D eigenvalue weighted by atomic mass is 9.81. The van der Waals surface area contributed by atoms with Crippen molar-refractivity contribution in [2.24, 2.45) is 23.6 Å². The summed E-state index contributed by atoms with van der Waals surface area (Å²) in [6, 6.07) is 2.64. The van der Waals surface area contributed by atoms with Crippen molar-refractivity contribution in [3.05, 3.63) is 21.9 Å². The van der Waals surface area contributed by atoms with Gasteiger partial charge < -0.3 is 0 Å². The number of hydrogen-bond acceptors (Lipinski definition) is 3. The molecule has 3 N–H and O–H groups in total. The lowest BCUT2D eigenvalue weighted by Gasteiger charge is -2.30. The van der Waals surface area contributed by atoms with Crippen LogP contribution in [0.5, 0.6) is 0 Å². The molecule has 2 bridgehead atoms. The van der Waals surface area contributed by atoms with Crippen molar-refractivity contribution in [2.75, 3.05) is 0 Å². The summed E-state index contributed by atoms with van der Waals surface area (Å²) >= 11 is 1.83. The molecular weight excluding hydrogens is 216 g/mol. The van der Waals surface area contributed by atoms with E-state index in [4.69, 9.17) is 5.84 Å². The van der Waals surface area contributed by atoms with E-state index in [9.17, 15) is 0 Å². The second kappa shape index (κ2) is 4.13. The summed E-state index contributed by atoms with van der Waals surface area (Å²) in [5, 5.41) is 2.18. The third kappa shape index (κ3) is 1.62. The molecule has 2 fully saturated rings. The van der Waals surface area contributed by atoms with Gasteiger partial charge in [0.05, 0.1) is 6.04 Å². The fourth-order valence-electron chi connectivity index (χ4n) is 3.86. The minimum atomic E-state index is 0.390. The predicted octanol–water partition coefficient (Wildman–Crippen LogP) is 3.00. The molecule has 2 nitrogen and oxygen atoms in total. The Bertz CT molecular complexity index is 374. The van der Waals surface area contributed by atoms with Crippen LogP contribution < -0.4 is 11.3 Å². The normalized spacial score (nSPS) is 34.5. The Morgan fingerprint density at radius 1 is 1.44 bits per heavy atom. The SMILES string of the molecule is Cc1sccc1C(NN)C1CC2CCC1C2. The summed E-state index contributed by atoms with van der Waals surface area (Å²) in [4.78, 5) is 1.42. The van der Waals surface area contributed by atoms with E-state index >= 15 is 0 Å². The van der Waals surface area contributed by atoms with Crippen LogP contribution in [0.4, 0.5) is 0 Å². The molecule has 2 saturated carbocycles. The van der Waals surface area contributed by atoms with Gasteiger partial charge >= 0.3 is 0 Å². The van der Waals surface area contributed by atoms with Crippen molar-refractivity contribution in [3.63, 3.8) is 0 Å². The number of nitrogens with one attached hydrogen (secondary N) is 1. The van der Waals surface area contributed by atoms with Gasteiger partial charge in [0.1, 0.15) is 0 Å². The number of aryl methyl sites for hydroxylation is 1. The average molecular weight is 236 g/mol. The van der Waals surface area contributed by atoms with Crippen LogP contribution in [0.15, 0.2) is 11.4 Å². The maximum atomic E-state index is 5.80. The Hall–Kier alpha value is -0.380. The van der Waals surface area contributed by atoms with Crippen LogP contribution in [0, 0.1) is 24.7 Å². The van der Waals surface area contributed by atoms with E-state index in [0.29, 0.717) is 6.04 Å². The first-order chi connectivity index (χ1) is 7.79. The monoisotopic (exact) mass is 236 g/mol. The van der Waals surface area contributed by atoms with E-state index in [1.165, 1.54) is 36.1 Å². The van der Waals surface area contributed by atoms with Crippen molar-refractivity contribution in [1.82, 2.24) is 5.43 Å². The van der Waals surface area contributed by atoms with Crippen molar-refractivity contribution < 1.29 is 0 Å². The quantitative estimate of drug-likeness (QED) is 0.625. The van der Waals surface area contributed by atoms with Gasteiger partial charge in [-0.25, -0.2) is 0 Å². The van der Waals surface area contributed by atoms with E-state index in [2.05, 4.69) is 23.8 Å². The average Bonchev–Trinajstić information content (AvgIpc) is 2.97. The van der Waals surface area contributed by atoms with Gasteiger partial charge in [-0.3, -0.25) is 11.3 Å². The molecular formula is C13H20N2S. The zero-order chi connectivity index (χ0) is 11.1. The Labute approximate surface area is 101 Å². The fourth-order valence-corrected chi connectivity index (χ4v) is 4.61. The Balaban J connectivity index is 1.84. The molecule has 0 amide bonds. The minimum Gasteiger partial charge on any atom is -0.271 e. The molecule has 0 radical (unpaired) electrons. The van der Waals surface area contributed by atoms with E-state index < -0.39 is 0 Å². The Morgan fingerprint density at radius 3 is 2.81 bits per heavy atom. The number of fused-ring (bicyclic) bond motifs is 2. The smallest absolute Gasteiger partial charge is 0.0501 e. The van der Waals surface area contributed by atoms with Gasteiger partial charge in [0.25, 0.3) is 0 Å². The van der Waals surface area contributed by atoms with Crippen LogP contribution in [0.25, 0.3) is 0 Å². The molecule has 0 aliphatic heterocycles. The molecule has 16 heavy (non-hydrogen) atoms. The lowest BCUT2D eigenvalue weighted by molar-refractivity contribution is 0.252. The number of hydrogen-bond donors (Lipinski definition) is 2. The fraction of sp³-hybridized carbons (Fsp3) is 0.692.